The molecule has 0 aromatic rings. The molecule has 1 N–H and O–H groups in total. The zero-order chi connectivity index (χ0) is 8.27. The predicted molar refractivity (Wildman–Crippen MR) is 48.3 cm³/mol. The molecule has 0 aromatic carbocycles. The van der Waals surface area contributed by atoms with Gasteiger partial charge in [0.25, 0.3) is 0 Å². The zero-order valence-corrected chi connectivity index (χ0v) is 6.89. The van der Waals surface area contributed by atoms with Crippen molar-refractivity contribution >= 4 is 11.9 Å². The van der Waals surface area contributed by atoms with Crippen molar-refractivity contribution in [1.29, 1.82) is 5.41 Å². The Morgan fingerprint density at radius 2 is 2.27 bits per heavy atom. The second-order valence-electron chi connectivity index (χ2n) is 2.56. The minimum atomic E-state index is 0.941. The molecule has 0 atom stereocenters. The summed E-state index contributed by atoms with van der Waals surface area (Å²) >= 11 is 0. The van der Waals surface area contributed by atoms with E-state index in [0.29, 0.717) is 0 Å². The lowest BCUT2D eigenvalue weighted by Gasteiger charge is -1.93. The van der Waals surface area contributed by atoms with Gasteiger partial charge in [-0.2, -0.15) is 0 Å². The Bertz CT molecular complexity index is 257. The van der Waals surface area contributed by atoms with Crippen LogP contribution in [0.1, 0.15) is 20.3 Å². The normalized spacial score (nSPS) is 24.4. The first-order chi connectivity index (χ1) is 5.27. The average molecular weight is 148 g/mol. The molecule has 0 saturated heterocycles. The van der Waals surface area contributed by atoms with Crippen LogP contribution >= 0.6 is 0 Å². The molecule has 11 heavy (non-hydrogen) atoms. The molecule has 0 amide bonds. The van der Waals surface area contributed by atoms with Gasteiger partial charge < -0.3 is 5.41 Å². The van der Waals surface area contributed by atoms with E-state index in [-0.39, 0.29) is 0 Å². The number of hydrogen-bond donors (Lipinski definition) is 1. The van der Waals surface area contributed by atoms with Crippen LogP contribution in [-0.4, -0.2) is 11.9 Å². The monoisotopic (exact) mass is 148 g/mol. The molecular formula is C9H12N2. The summed E-state index contributed by atoms with van der Waals surface area (Å²) in [4.78, 5) is 4.29. The molecular weight excluding hydrogens is 136 g/mol. The van der Waals surface area contributed by atoms with E-state index in [1.165, 1.54) is 11.8 Å². The number of nitrogens with zero attached hydrogens (tertiary/aromatic N) is 1. The molecule has 1 heterocycles. The fraction of sp³-hybridized carbons (Fsp3) is 0.333. The molecule has 2 heteroatoms. The molecule has 0 spiro atoms. The second-order valence-corrected chi connectivity index (χ2v) is 2.56. The molecule has 0 unspecified atom stereocenters. The van der Waals surface area contributed by atoms with E-state index in [0.717, 1.165) is 17.8 Å². The standard InChI is InChI=1S/C9H12N2/c1-3-8-6-7(2)11-9(8)4-5-10/h3-5,10H,6H2,1-2H3/b8-3-,9-4+,10-5?. The maximum atomic E-state index is 6.90. The highest BCUT2D eigenvalue weighted by Gasteiger charge is 2.11. The summed E-state index contributed by atoms with van der Waals surface area (Å²) in [5.74, 6) is 0. The summed E-state index contributed by atoms with van der Waals surface area (Å²) in [5, 5.41) is 6.90. The Kier molecular flexibility index (Phi) is 2.36. The van der Waals surface area contributed by atoms with Crippen LogP contribution in [0.15, 0.2) is 28.4 Å². The van der Waals surface area contributed by atoms with Gasteiger partial charge in [-0.05, 0) is 25.5 Å². The first-order valence-electron chi connectivity index (χ1n) is 3.68. The topological polar surface area (TPSA) is 36.2 Å². The Hall–Kier alpha value is -1.18. The minimum absolute atomic E-state index is 0.941. The van der Waals surface area contributed by atoms with E-state index in [4.69, 9.17) is 5.41 Å². The van der Waals surface area contributed by atoms with Gasteiger partial charge in [0.1, 0.15) is 0 Å². The van der Waals surface area contributed by atoms with E-state index < -0.39 is 0 Å². The molecule has 0 radical (unpaired) electrons. The number of hydrogen-bond acceptors (Lipinski definition) is 2. The molecule has 1 aliphatic rings. The second kappa shape index (κ2) is 3.28. The van der Waals surface area contributed by atoms with Crippen molar-refractivity contribution in [3.8, 4) is 0 Å². The van der Waals surface area contributed by atoms with Gasteiger partial charge in [-0.3, -0.25) is 4.99 Å². The van der Waals surface area contributed by atoms with Gasteiger partial charge in [-0.25, -0.2) is 0 Å². The number of nitrogens with one attached hydrogen (secondary N) is 1. The first-order valence-corrected chi connectivity index (χ1v) is 3.68. The Morgan fingerprint density at radius 1 is 1.55 bits per heavy atom. The van der Waals surface area contributed by atoms with Crippen LogP contribution in [0, 0.1) is 5.41 Å². The van der Waals surface area contributed by atoms with E-state index in [1.54, 1.807) is 6.08 Å². The fourth-order valence-electron chi connectivity index (χ4n) is 1.16. The maximum absolute atomic E-state index is 6.90. The van der Waals surface area contributed by atoms with Crippen molar-refractivity contribution in [3.63, 3.8) is 0 Å². The number of rotatable bonds is 1. The Morgan fingerprint density at radius 3 is 2.82 bits per heavy atom. The van der Waals surface area contributed by atoms with Crippen molar-refractivity contribution in [3.05, 3.63) is 23.4 Å². The summed E-state index contributed by atoms with van der Waals surface area (Å²) in [6, 6.07) is 0. The van der Waals surface area contributed by atoms with Crippen LogP contribution in [-0.2, 0) is 0 Å². The lowest BCUT2D eigenvalue weighted by atomic mass is 10.1. The van der Waals surface area contributed by atoms with Crippen molar-refractivity contribution in [2.75, 3.05) is 0 Å². The maximum Gasteiger partial charge on any atom is 0.0676 e. The average Bonchev–Trinajstić information content (AvgIpc) is 2.32. The third-order valence-electron chi connectivity index (χ3n) is 1.68. The highest BCUT2D eigenvalue weighted by Crippen LogP contribution is 2.23. The van der Waals surface area contributed by atoms with Gasteiger partial charge >= 0.3 is 0 Å². The molecule has 0 aromatic heterocycles. The molecule has 2 nitrogen and oxygen atoms in total. The van der Waals surface area contributed by atoms with Gasteiger partial charge in [-0.15, -0.1) is 0 Å². The molecule has 0 aliphatic carbocycles. The molecule has 58 valence electrons. The van der Waals surface area contributed by atoms with Crippen molar-refractivity contribution in [2.45, 2.75) is 20.3 Å². The van der Waals surface area contributed by atoms with E-state index in [2.05, 4.69) is 11.1 Å². The number of aliphatic imine (C=N–C) groups is 1. The Balaban J connectivity index is 2.94. The summed E-state index contributed by atoms with van der Waals surface area (Å²) in [5.41, 5.74) is 3.30. The van der Waals surface area contributed by atoms with Gasteiger partial charge in [-0.1, -0.05) is 6.08 Å². The SMILES string of the molecule is C/C=C1/CC(C)=N/C1=C/C=N. The third kappa shape index (κ3) is 1.64. The molecule has 0 saturated carbocycles. The van der Waals surface area contributed by atoms with E-state index in [1.807, 2.05) is 13.8 Å². The smallest absolute Gasteiger partial charge is 0.0676 e. The highest BCUT2D eigenvalue weighted by atomic mass is 14.8. The minimum Gasteiger partial charge on any atom is -0.309 e. The zero-order valence-electron chi connectivity index (χ0n) is 6.89. The van der Waals surface area contributed by atoms with Crippen LogP contribution in [0.25, 0.3) is 0 Å². The highest BCUT2D eigenvalue weighted by molar-refractivity contribution is 5.91. The molecule has 1 aliphatic heterocycles. The largest absolute Gasteiger partial charge is 0.309 e. The van der Waals surface area contributed by atoms with Crippen LogP contribution in [0.2, 0.25) is 0 Å². The first kappa shape index (κ1) is 7.92. The predicted octanol–water partition coefficient (Wildman–Crippen LogP) is 2.33. The molecule has 0 bridgehead atoms. The Labute approximate surface area is 66.9 Å². The van der Waals surface area contributed by atoms with Crippen molar-refractivity contribution in [2.24, 2.45) is 4.99 Å². The third-order valence-corrected chi connectivity index (χ3v) is 1.68. The number of allylic oxidation sites excluding steroid dienone is 3. The van der Waals surface area contributed by atoms with Crippen molar-refractivity contribution < 1.29 is 0 Å². The van der Waals surface area contributed by atoms with Gasteiger partial charge in [0.2, 0.25) is 0 Å². The summed E-state index contributed by atoms with van der Waals surface area (Å²) in [6.07, 6.45) is 6.00. The lowest BCUT2D eigenvalue weighted by molar-refractivity contribution is 1.31. The van der Waals surface area contributed by atoms with Crippen LogP contribution in [0.4, 0.5) is 0 Å². The van der Waals surface area contributed by atoms with Crippen LogP contribution < -0.4 is 0 Å². The van der Waals surface area contributed by atoms with Crippen molar-refractivity contribution in [1.82, 2.24) is 0 Å². The summed E-state index contributed by atoms with van der Waals surface area (Å²) in [7, 11) is 0. The van der Waals surface area contributed by atoms with Crippen LogP contribution in [0.5, 0.6) is 0 Å². The lowest BCUT2D eigenvalue weighted by Crippen LogP contribution is -1.82. The van der Waals surface area contributed by atoms with E-state index >= 15 is 0 Å². The van der Waals surface area contributed by atoms with Gasteiger partial charge in [0, 0.05) is 18.3 Å². The summed E-state index contributed by atoms with van der Waals surface area (Å²) in [6.45, 7) is 4.01. The molecule has 0 fully saturated rings. The fourth-order valence-corrected chi connectivity index (χ4v) is 1.16. The van der Waals surface area contributed by atoms with Gasteiger partial charge in [0.05, 0.1) is 5.70 Å². The summed E-state index contributed by atoms with van der Waals surface area (Å²) < 4.78 is 0. The quantitative estimate of drug-likeness (QED) is 0.554. The van der Waals surface area contributed by atoms with Gasteiger partial charge in [0.15, 0.2) is 0 Å². The molecule has 1 rings (SSSR count). The van der Waals surface area contributed by atoms with Crippen LogP contribution in [0.3, 0.4) is 0 Å². The van der Waals surface area contributed by atoms with E-state index in [9.17, 15) is 0 Å².